The second-order valence-corrected chi connectivity index (χ2v) is 8.68. The number of nitrogens with two attached hydrogens (primary N) is 1. The van der Waals surface area contributed by atoms with Gasteiger partial charge in [-0.1, -0.05) is 12.1 Å². The lowest BCUT2D eigenvalue weighted by molar-refractivity contribution is 0.100. The van der Waals surface area contributed by atoms with E-state index in [0.717, 1.165) is 33.9 Å². The summed E-state index contributed by atoms with van der Waals surface area (Å²) in [4.78, 5) is 22.8. The molecule has 0 radical (unpaired) electrons. The van der Waals surface area contributed by atoms with E-state index in [9.17, 15) is 9.18 Å². The molecule has 6 nitrogen and oxygen atoms in total. The maximum atomic E-state index is 13.5. The molecule has 2 aliphatic heterocycles. The van der Waals surface area contributed by atoms with Crippen LogP contribution in [0.15, 0.2) is 60.9 Å². The monoisotopic (exact) mass is 427 g/mol. The van der Waals surface area contributed by atoms with Crippen LogP contribution in [0.2, 0.25) is 0 Å². The van der Waals surface area contributed by atoms with Crippen molar-refractivity contribution in [3.8, 4) is 11.3 Å². The maximum absolute atomic E-state index is 13.5. The molecule has 32 heavy (non-hydrogen) atoms. The smallest absolute Gasteiger partial charge is 0.248 e. The molecule has 1 aromatic carbocycles. The number of primary amides is 1. The molecule has 3 atom stereocenters. The highest BCUT2D eigenvalue weighted by atomic mass is 19.1. The molecule has 1 aliphatic carbocycles. The van der Waals surface area contributed by atoms with Gasteiger partial charge in [0.2, 0.25) is 5.91 Å². The maximum Gasteiger partial charge on any atom is 0.248 e. The summed E-state index contributed by atoms with van der Waals surface area (Å²) in [7, 11) is 0. The Balaban J connectivity index is 1.45. The van der Waals surface area contributed by atoms with E-state index in [1.54, 1.807) is 24.4 Å². The average Bonchev–Trinajstić information content (AvgIpc) is 3.52. The van der Waals surface area contributed by atoms with E-state index in [1.807, 2.05) is 18.2 Å². The van der Waals surface area contributed by atoms with E-state index in [0.29, 0.717) is 17.5 Å². The van der Waals surface area contributed by atoms with Crippen LogP contribution in [0.5, 0.6) is 0 Å². The molecule has 1 saturated heterocycles. The molecule has 7 heteroatoms. The van der Waals surface area contributed by atoms with E-state index < -0.39 is 5.91 Å². The van der Waals surface area contributed by atoms with Gasteiger partial charge in [-0.3, -0.25) is 14.8 Å². The van der Waals surface area contributed by atoms with Gasteiger partial charge < -0.3 is 16.0 Å². The minimum atomic E-state index is -0.452. The molecule has 3 N–H and O–H groups in total. The van der Waals surface area contributed by atoms with E-state index in [1.165, 1.54) is 31.5 Å². The number of aromatic nitrogens is 2. The van der Waals surface area contributed by atoms with Crippen molar-refractivity contribution in [2.45, 2.75) is 31.5 Å². The predicted molar refractivity (Wildman–Crippen MR) is 119 cm³/mol. The van der Waals surface area contributed by atoms with Crippen molar-refractivity contribution in [3.63, 3.8) is 0 Å². The highest BCUT2D eigenvalue weighted by Crippen LogP contribution is 2.50. The molecule has 1 amide bonds. The minimum Gasteiger partial charge on any atom is -0.366 e. The van der Waals surface area contributed by atoms with Crippen LogP contribution in [-0.2, 0) is 0 Å². The fourth-order valence-corrected chi connectivity index (χ4v) is 5.39. The summed E-state index contributed by atoms with van der Waals surface area (Å²) < 4.78 is 13.5. The number of benzene rings is 1. The van der Waals surface area contributed by atoms with Crippen molar-refractivity contribution in [2.24, 2.45) is 11.7 Å². The van der Waals surface area contributed by atoms with Gasteiger partial charge in [-0.15, -0.1) is 0 Å². The Morgan fingerprint density at radius 1 is 1.03 bits per heavy atom. The molecule has 4 heterocycles. The third kappa shape index (κ3) is 2.96. The fourth-order valence-electron chi connectivity index (χ4n) is 5.39. The second kappa shape index (κ2) is 7.15. The van der Waals surface area contributed by atoms with Crippen LogP contribution < -0.4 is 11.1 Å². The summed E-state index contributed by atoms with van der Waals surface area (Å²) in [5.41, 5.74) is 11.4. The number of fused-ring (bicyclic) bond motifs is 5. The molecule has 2 aromatic heterocycles. The summed E-state index contributed by atoms with van der Waals surface area (Å²) in [6.45, 7) is 0. The van der Waals surface area contributed by atoms with Crippen LogP contribution in [0.25, 0.3) is 22.7 Å². The standard InChI is InChI=1S/C25H22FN5O/c26-18-6-8-20(29-13-18)22-23(31-19-7-5-17(11-19)25(31)30-22)16-9-10-28-21(12-16)14-1-3-15(4-2-14)24(27)32/h1-4,6,8-10,12-13,17,19,25,30H,5,7,11H2,(H2,27,32)/t17-,19+,25?/m0/s1. The predicted octanol–water partition coefficient (Wildman–Crippen LogP) is 3.62. The van der Waals surface area contributed by atoms with Crippen molar-refractivity contribution in [2.75, 3.05) is 0 Å². The van der Waals surface area contributed by atoms with Crippen LogP contribution in [0.3, 0.4) is 0 Å². The van der Waals surface area contributed by atoms with Gasteiger partial charge in [0.1, 0.15) is 12.0 Å². The van der Waals surface area contributed by atoms with Crippen LogP contribution >= 0.6 is 0 Å². The zero-order valence-corrected chi connectivity index (χ0v) is 17.3. The van der Waals surface area contributed by atoms with Gasteiger partial charge in [-0.2, -0.15) is 0 Å². The fraction of sp³-hybridized carbons (Fsp3) is 0.240. The Morgan fingerprint density at radius 2 is 1.88 bits per heavy atom. The van der Waals surface area contributed by atoms with Gasteiger partial charge in [0.15, 0.2) is 0 Å². The number of piperidine rings is 1. The molecule has 1 unspecified atom stereocenters. The third-order valence-electron chi connectivity index (χ3n) is 6.85. The normalized spacial score (nSPS) is 23.4. The Hall–Kier alpha value is -3.74. The number of halogens is 1. The van der Waals surface area contributed by atoms with Crippen molar-refractivity contribution < 1.29 is 9.18 Å². The molecule has 3 aliphatic rings. The van der Waals surface area contributed by atoms with Crippen LogP contribution in [-0.4, -0.2) is 33.0 Å². The number of rotatable bonds is 4. The molecule has 2 fully saturated rings. The van der Waals surface area contributed by atoms with Crippen LogP contribution in [0.4, 0.5) is 4.39 Å². The minimum absolute atomic E-state index is 0.247. The van der Waals surface area contributed by atoms with Crippen molar-refractivity contribution in [1.29, 1.82) is 0 Å². The quantitative estimate of drug-likeness (QED) is 0.664. The molecular formula is C25H22FN5O. The number of nitrogens with one attached hydrogen (secondary N) is 1. The summed E-state index contributed by atoms with van der Waals surface area (Å²) in [5.74, 6) is -0.192. The van der Waals surface area contributed by atoms with Gasteiger partial charge >= 0.3 is 0 Å². The van der Waals surface area contributed by atoms with Crippen molar-refractivity contribution >= 4 is 17.3 Å². The number of amides is 1. The van der Waals surface area contributed by atoms with Gasteiger partial charge in [-0.05, 0) is 61.6 Å². The molecule has 3 aromatic rings. The number of carbonyl (C=O) groups excluding carboxylic acids is 1. The lowest BCUT2D eigenvalue weighted by Gasteiger charge is -2.33. The number of nitrogens with zero attached hydrogens (tertiary/aromatic N) is 3. The highest BCUT2D eigenvalue weighted by molar-refractivity contribution is 5.93. The van der Waals surface area contributed by atoms with Crippen LogP contribution in [0, 0.1) is 11.7 Å². The summed E-state index contributed by atoms with van der Waals surface area (Å²) in [6, 6.07) is 14.9. The summed E-state index contributed by atoms with van der Waals surface area (Å²) in [5, 5.41) is 3.70. The first-order valence-corrected chi connectivity index (χ1v) is 10.9. The van der Waals surface area contributed by atoms with E-state index >= 15 is 0 Å². The zero-order valence-electron chi connectivity index (χ0n) is 17.3. The molecular weight excluding hydrogens is 405 g/mol. The van der Waals surface area contributed by atoms with Gasteiger partial charge in [0, 0.05) is 28.9 Å². The van der Waals surface area contributed by atoms with Crippen molar-refractivity contribution in [1.82, 2.24) is 20.2 Å². The topological polar surface area (TPSA) is 84.1 Å². The lowest BCUT2D eigenvalue weighted by Crippen LogP contribution is -2.41. The Kier molecular flexibility index (Phi) is 4.24. The Bertz CT molecular complexity index is 1240. The molecule has 0 spiro atoms. The molecule has 2 bridgehead atoms. The number of hydrogen-bond acceptors (Lipinski definition) is 5. The molecule has 1 saturated carbocycles. The first kappa shape index (κ1) is 19.0. The van der Waals surface area contributed by atoms with E-state index in [-0.39, 0.29) is 12.0 Å². The third-order valence-corrected chi connectivity index (χ3v) is 6.85. The molecule has 6 rings (SSSR count). The van der Waals surface area contributed by atoms with E-state index in [4.69, 9.17) is 5.73 Å². The van der Waals surface area contributed by atoms with Gasteiger partial charge in [0.25, 0.3) is 0 Å². The number of pyridine rings is 2. The first-order valence-electron chi connectivity index (χ1n) is 10.9. The number of hydrogen-bond donors (Lipinski definition) is 2. The highest BCUT2D eigenvalue weighted by Gasteiger charge is 2.51. The zero-order chi connectivity index (χ0) is 21.8. The lowest BCUT2D eigenvalue weighted by atomic mass is 10.0. The van der Waals surface area contributed by atoms with E-state index in [2.05, 4.69) is 26.3 Å². The van der Waals surface area contributed by atoms with Crippen LogP contribution in [0.1, 0.15) is 40.9 Å². The number of carbonyl (C=O) groups is 1. The first-order chi connectivity index (χ1) is 15.6. The largest absolute Gasteiger partial charge is 0.366 e. The average molecular weight is 427 g/mol. The molecule has 160 valence electrons. The second-order valence-electron chi connectivity index (χ2n) is 8.68. The van der Waals surface area contributed by atoms with Gasteiger partial charge in [0.05, 0.1) is 29.0 Å². The Labute approximate surface area is 185 Å². The summed E-state index contributed by atoms with van der Waals surface area (Å²) in [6.07, 6.45) is 6.91. The Morgan fingerprint density at radius 3 is 2.62 bits per heavy atom. The van der Waals surface area contributed by atoms with Gasteiger partial charge in [-0.25, -0.2) is 4.39 Å². The summed E-state index contributed by atoms with van der Waals surface area (Å²) >= 11 is 0. The van der Waals surface area contributed by atoms with Crippen molar-refractivity contribution in [3.05, 3.63) is 83.6 Å². The SMILES string of the molecule is NC(=O)c1ccc(-c2cc(C3=C(c4ccc(F)cn4)NC4[C@H]5CC[C@H](C5)N34)ccn2)cc1.